The fourth-order valence-corrected chi connectivity index (χ4v) is 4.24. The van der Waals surface area contributed by atoms with Crippen molar-refractivity contribution in [3.63, 3.8) is 0 Å². The molecule has 2 fully saturated rings. The van der Waals surface area contributed by atoms with E-state index in [9.17, 15) is 14.4 Å². The molecular weight excluding hydrogens is 294 g/mol. The fraction of sp³-hybridized carbons (Fsp3) is 0.706. The van der Waals surface area contributed by atoms with Crippen molar-refractivity contribution in [2.75, 3.05) is 6.54 Å². The van der Waals surface area contributed by atoms with Crippen LogP contribution in [-0.4, -0.2) is 33.4 Å². The van der Waals surface area contributed by atoms with Crippen LogP contribution < -0.4 is 11.2 Å². The number of aromatic nitrogens is 2. The molecule has 2 aliphatic rings. The number of likely N-dealkylation sites (tertiary alicyclic amines) is 1. The van der Waals surface area contributed by atoms with Crippen molar-refractivity contribution in [3.8, 4) is 0 Å². The van der Waals surface area contributed by atoms with Gasteiger partial charge in [0.25, 0.3) is 5.56 Å². The van der Waals surface area contributed by atoms with Crippen LogP contribution >= 0.6 is 0 Å². The highest BCUT2D eigenvalue weighted by Gasteiger charge is 2.35. The lowest BCUT2D eigenvalue weighted by atomic mass is 9.95. The second-order valence-electron chi connectivity index (χ2n) is 6.85. The number of aromatic amines is 2. The van der Waals surface area contributed by atoms with Gasteiger partial charge in [0.05, 0.1) is 0 Å². The highest BCUT2D eigenvalue weighted by molar-refractivity contribution is 5.77. The van der Waals surface area contributed by atoms with Crippen LogP contribution in [0.5, 0.6) is 0 Å². The first-order valence-corrected chi connectivity index (χ1v) is 8.68. The van der Waals surface area contributed by atoms with E-state index in [0.717, 1.165) is 19.4 Å². The summed E-state index contributed by atoms with van der Waals surface area (Å²) in [7, 11) is 0. The number of aryl methyl sites for hydroxylation is 1. The van der Waals surface area contributed by atoms with Crippen molar-refractivity contribution in [1.29, 1.82) is 0 Å². The van der Waals surface area contributed by atoms with Crippen molar-refractivity contribution < 1.29 is 4.79 Å². The van der Waals surface area contributed by atoms with Crippen LogP contribution in [-0.2, 0) is 11.2 Å². The van der Waals surface area contributed by atoms with Crippen LogP contribution in [0.4, 0.5) is 0 Å². The summed E-state index contributed by atoms with van der Waals surface area (Å²) in [5.74, 6) is 0.809. The number of hydrogen-bond donors (Lipinski definition) is 2. The summed E-state index contributed by atoms with van der Waals surface area (Å²) in [6.45, 7) is 2.55. The van der Waals surface area contributed by atoms with E-state index in [2.05, 4.69) is 9.97 Å². The molecule has 0 bridgehead atoms. The molecule has 1 amide bonds. The van der Waals surface area contributed by atoms with E-state index in [1.165, 1.54) is 25.7 Å². The average molecular weight is 319 g/mol. The molecule has 6 nitrogen and oxygen atoms in total. The van der Waals surface area contributed by atoms with E-state index in [0.29, 0.717) is 36.1 Å². The second kappa shape index (κ2) is 6.72. The highest BCUT2D eigenvalue weighted by Crippen LogP contribution is 2.35. The molecule has 1 aromatic rings. The maximum atomic E-state index is 12.6. The Bertz CT molecular complexity index is 685. The lowest BCUT2D eigenvalue weighted by molar-refractivity contribution is -0.132. The molecule has 1 saturated carbocycles. The van der Waals surface area contributed by atoms with Crippen LogP contribution in [0.15, 0.2) is 9.59 Å². The quantitative estimate of drug-likeness (QED) is 0.881. The maximum absolute atomic E-state index is 12.6. The van der Waals surface area contributed by atoms with Gasteiger partial charge in [0.15, 0.2) is 0 Å². The van der Waals surface area contributed by atoms with Gasteiger partial charge >= 0.3 is 5.69 Å². The minimum Gasteiger partial charge on any atom is -0.339 e. The first-order valence-electron chi connectivity index (χ1n) is 8.68. The van der Waals surface area contributed by atoms with Gasteiger partial charge < -0.3 is 9.88 Å². The Hall–Kier alpha value is -1.85. The molecule has 1 aromatic heterocycles. The van der Waals surface area contributed by atoms with Crippen LogP contribution in [0, 0.1) is 12.8 Å². The Morgan fingerprint density at radius 2 is 1.87 bits per heavy atom. The largest absolute Gasteiger partial charge is 0.339 e. The van der Waals surface area contributed by atoms with Gasteiger partial charge in [-0.25, -0.2) is 4.79 Å². The zero-order chi connectivity index (χ0) is 16.4. The Labute approximate surface area is 135 Å². The monoisotopic (exact) mass is 319 g/mol. The number of H-pyrrole nitrogens is 2. The predicted molar refractivity (Wildman–Crippen MR) is 87.4 cm³/mol. The smallest absolute Gasteiger partial charge is 0.325 e. The number of nitrogens with one attached hydrogen (secondary N) is 2. The SMILES string of the molecule is Cc1[nH]c(=O)[nH]c(=O)c1CCC(=O)N1CCCC1C1CCCC1. The molecule has 0 radical (unpaired) electrons. The molecule has 126 valence electrons. The minimum absolute atomic E-state index is 0.143. The summed E-state index contributed by atoms with van der Waals surface area (Å²) in [5, 5.41) is 0. The van der Waals surface area contributed by atoms with Crippen molar-refractivity contribution >= 4 is 5.91 Å². The molecular formula is C17H25N3O3. The van der Waals surface area contributed by atoms with Crippen LogP contribution in [0.1, 0.15) is 56.2 Å². The molecule has 2 N–H and O–H groups in total. The number of carbonyl (C=O) groups excluding carboxylic acids is 1. The summed E-state index contributed by atoms with van der Waals surface area (Å²) in [5.41, 5.74) is 0.186. The normalized spacial score (nSPS) is 22.0. The molecule has 1 aliphatic carbocycles. The van der Waals surface area contributed by atoms with E-state index in [-0.39, 0.29) is 11.5 Å². The van der Waals surface area contributed by atoms with E-state index in [1.54, 1.807) is 6.92 Å². The lowest BCUT2D eigenvalue weighted by Crippen LogP contribution is -2.39. The van der Waals surface area contributed by atoms with Gasteiger partial charge in [-0.3, -0.25) is 14.6 Å². The highest BCUT2D eigenvalue weighted by atomic mass is 16.2. The van der Waals surface area contributed by atoms with Gasteiger partial charge in [0.2, 0.25) is 5.91 Å². The first-order chi connectivity index (χ1) is 11.1. The number of nitrogens with zero attached hydrogens (tertiary/aromatic N) is 1. The third-order valence-corrected chi connectivity index (χ3v) is 5.41. The van der Waals surface area contributed by atoms with Crippen LogP contribution in [0.2, 0.25) is 0 Å². The Balaban J connectivity index is 1.65. The van der Waals surface area contributed by atoms with Gasteiger partial charge in [-0.05, 0) is 44.9 Å². The number of rotatable bonds is 4. The van der Waals surface area contributed by atoms with E-state index >= 15 is 0 Å². The maximum Gasteiger partial charge on any atom is 0.325 e. The lowest BCUT2D eigenvalue weighted by Gasteiger charge is -2.29. The molecule has 1 saturated heterocycles. The Morgan fingerprint density at radius 3 is 2.57 bits per heavy atom. The molecule has 2 heterocycles. The summed E-state index contributed by atoms with van der Waals surface area (Å²) in [6, 6.07) is 0.403. The second-order valence-corrected chi connectivity index (χ2v) is 6.85. The molecule has 23 heavy (non-hydrogen) atoms. The summed E-state index contributed by atoms with van der Waals surface area (Å²) in [6.07, 6.45) is 7.98. The molecule has 1 aliphatic heterocycles. The van der Waals surface area contributed by atoms with Gasteiger partial charge in [0.1, 0.15) is 0 Å². The van der Waals surface area contributed by atoms with Crippen molar-refractivity contribution in [3.05, 3.63) is 32.1 Å². The minimum atomic E-state index is -0.497. The van der Waals surface area contributed by atoms with Crippen LogP contribution in [0.25, 0.3) is 0 Å². The van der Waals surface area contributed by atoms with Crippen LogP contribution in [0.3, 0.4) is 0 Å². The van der Waals surface area contributed by atoms with Crippen molar-refractivity contribution in [1.82, 2.24) is 14.9 Å². The van der Waals surface area contributed by atoms with Crippen molar-refractivity contribution in [2.24, 2.45) is 5.92 Å². The van der Waals surface area contributed by atoms with E-state index < -0.39 is 5.69 Å². The fourth-order valence-electron chi connectivity index (χ4n) is 4.24. The number of hydrogen-bond acceptors (Lipinski definition) is 3. The van der Waals surface area contributed by atoms with E-state index in [1.807, 2.05) is 4.90 Å². The molecule has 0 spiro atoms. The summed E-state index contributed by atoms with van der Waals surface area (Å²) in [4.78, 5) is 42.6. The number of carbonyl (C=O) groups is 1. The van der Waals surface area contributed by atoms with Gasteiger partial charge in [-0.15, -0.1) is 0 Å². The van der Waals surface area contributed by atoms with Gasteiger partial charge in [-0.1, -0.05) is 12.8 Å². The van der Waals surface area contributed by atoms with Gasteiger partial charge in [-0.2, -0.15) is 0 Å². The molecule has 1 atom stereocenters. The summed E-state index contributed by atoms with van der Waals surface area (Å²) < 4.78 is 0. The third-order valence-electron chi connectivity index (χ3n) is 5.41. The predicted octanol–water partition coefficient (Wildman–Crippen LogP) is 1.49. The Kier molecular flexibility index (Phi) is 4.68. The first kappa shape index (κ1) is 16.0. The standard InChI is InChI=1S/C17H25N3O3/c1-11-13(16(22)19-17(23)18-11)8-9-15(21)20-10-4-7-14(20)12-5-2-3-6-12/h12,14H,2-10H2,1H3,(H2,18,19,22,23). The zero-order valence-electron chi connectivity index (χ0n) is 13.7. The molecule has 3 rings (SSSR count). The van der Waals surface area contributed by atoms with E-state index in [4.69, 9.17) is 0 Å². The van der Waals surface area contributed by atoms with Crippen molar-refractivity contribution in [2.45, 2.75) is 64.3 Å². The van der Waals surface area contributed by atoms with Gasteiger partial charge in [0, 0.05) is 30.3 Å². The average Bonchev–Trinajstić information content (AvgIpc) is 3.16. The third kappa shape index (κ3) is 3.41. The Morgan fingerprint density at radius 1 is 1.13 bits per heavy atom. The number of amides is 1. The molecule has 6 heteroatoms. The zero-order valence-corrected chi connectivity index (χ0v) is 13.7. The molecule has 1 unspecified atom stereocenters. The summed E-state index contributed by atoms with van der Waals surface area (Å²) >= 11 is 0. The molecule has 0 aromatic carbocycles. The topological polar surface area (TPSA) is 86.0 Å².